The molecule has 0 atom stereocenters. The van der Waals surface area contributed by atoms with Gasteiger partial charge in [0.05, 0.1) is 11.5 Å². The number of thiophene rings is 1. The zero-order valence-corrected chi connectivity index (χ0v) is 11.8. The minimum Gasteiger partial charge on any atom is -0.477 e. The van der Waals surface area contributed by atoms with Crippen molar-refractivity contribution in [3.05, 3.63) is 21.9 Å². The molecule has 0 spiro atoms. The number of hydrogen-bond donors (Lipinski definition) is 2. The Morgan fingerprint density at radius 1 is 1.37 bits per heavy atom. The van der Waals surface area contributed by atoms with E-state index in [1.807, 2.05) is 11.9 Å². The molecule has 1 heterocycles. The molecule has 1 aromatic heterocycles. The van der Waals surface area contributed by atoms with E-state index in [1.165, 1.54) is 12.1 Å². The molecular weight excluding hydrogens is 268 g/mol. The number of carboxylic acids is 1. The largest absolute Gasteiger partial charge is 0.477 e. The summed E-state index contributed by atoms with van der Waals surface area (Å²) < 4.78 is 4.95. The molecule has 6 nitrogen and oxygen atoms in total. The molecule has 1 aromatic rings. The normalized spacial score (nSPS) is 10.7. The highest BCUT2D eigenvalue weighted by Crippen LogP contribution is 2.15. The van der Waals surface area contributed by atoms with E-state index in [4.69, 9.17) is 9.84 Å². The molecule has 1 amide bonds. The van der Waals surface area contributed by atoms with Crippen molar-refractivity contribution in [3.8, 4) is 0 Å². The maximum absolute atomic E-state index is 11.7. The third-order valence-corrected chi connectivity index (χ3v) is 3.57. The van der Waals surface area contributed by atoms with Crippen LogP contribution >= 0.6 is 11.3 Å². The maximum atomic E-state index is 11.7. The van der Waals surface area contributed by atoms with Gasteiger partial charge < -0.3 is 20.1 Å². The van der Waals surface area contributed by atoms with E-state index < -0.39 is 5.97 Å². The zero-order chi connectivity index (χ0) is 14.3. The fourth-order valence-electron chi connectivity index (χ4n) is 1.38. The number of amides is 1. The molecule has 0 saturated carbocycles. The molecule has 0 bridgehead atoms. The van der Waals surface area contributed by atoms with Gasteiger partial charge in [0, 0.05) is 26.7 Å². The first kappa shape index (κ1) is 15.6. The van der Waals surface area contributed by atoms with E-state index in [-0.39, 0.29) is 10.8 Å². The van der Waals surface area contributed by atoms with Crippen LogP contribution in [-0.4, -0.2) is 62.3 Å². The van der Waals surface area contributed by atoms with Gasteiger partial charge in [-0.1, -0.05) is 0 Å². The number of carbonyl (C=O) groups excluding carboxylic acids is 1. The highest BCUT2D eigenvalue weighted by molar-refractivity contribution is 7.15. The van der Waals surface area contributed by atoms with E-state index in [0.717, 1.165) is 17.9 Å². The maximum Gasteiger partial charge on any atom is 0.345 e. The van der Waals surface area contributed by atoms with Crippen molar-refractivity contribution in [3.63, 3.8) is 0 Å². The smallest absolute Gasteiger partial charge is 0.345 e. The van der Waals surface area contributed by atoms with Crippen molar-refractivity contribution in [2.24, 2.45) is 0 Å². The third-order valence-electron chi connectivity index (χ3n) is 2.50. The second kappa shape index (κ2) is 7.88. The average molecular weight is 286 g/mol. The van der Waals surface area contributed by atoms with Gasteiger partial charge in [-0.2, -0.15) is 0 Å². The van der Waals surface area contributed by atoms with Crippen molar-refractivity contribution in [2.45, 2.75) is 0 Å². The van der Waals surface area contributed by atoms with Gasteiger partial charge in [0.15, 0.2) is 0 Å². The summed E-state index contributed by atoms with van der Waals surface area (Å²) in [6.07, 6.45) is 0. The van der Waals surface area contributed by atoms with Crippen molar-refractivity contribution >= 4 is 23.2 Å². The Labute approximate surface area is 116 Å². The Morgan fingerprint density at radius 3 is 2.63 bits per heavy atom. The van der Waals surface area contributed by atoms with Crippen LogP contribution in [0, 0.1) is 0 Å². The molecule has 0 aliphatic heterocycles. The van der Waals surface area contributed by atoms with Gasteiger partial charge in [-0.3, -0.25) is 4.79 Å². The topological polar surface area (TPSA) is 78.9 Å². The van der Waals surface area contributed by atoms with Gasteiger partial charge in [-0.15, -0.1) is 11.3 Å². The summed E-state index contributed by atoms with van der Waals surface area (Å²) in [4.78, 5) is 25.1. The van der Waals surface area contributed by atoms with Crippen LogP contribution in [0.2, 0.25) is 0 Å². The summed E-state index contributed by atoms with van der Waals surface area (Å²) in [5.74, 6) is -1.25. The van der Waals surface area contributed by atoms with E-state index in [9.17, 15) is 9.59 Å². The van der Waals surface area contributed by atoms with Crippen LogP contribution in [-0.2, 0) is 4.74 Å². The first-order chi connectivity index (χ1) is 9.04. The van der Waals surface area contributed by atoms with Gasteiger partial charge in [-0.25, -0.2) is 4.79 Å². The minimum atomic E-state index is -1.01. The average Bonchev–Trinajstić information content (AvgIpc) is 2.86. The lowest BCUT2D eigenvalue weighted by Gasteiger charge is -2.15. The van der Waals surface area contributed by atoms with Gasteiger partial charge in [0.25, 0.3) is 5.91 Å². The molecule has 2 N–H and O–H groups in total. The summed E-state index contributed by atoms with van der Waals surface area (Å²) >= 11 is 0.977. The molecule has 106 valence electrons. The summed E-state index contributed by atoms with van der Waals surface area (Å²) in [6.45, 7) is 2.68. The fourth-order valence-corrected chi connectivity index (χ4v) is 2.14. The number of hydrogen-bond acceptors (Lipinski definition) is 5. The monoisotopic (exact) mass is 286 g/mol. The number of methoxy groups -OCH3 is 1. The fraction of sp³-hybridized carbons (Fsp3) is 0.500. The number of nitrogens with one attached hydrogen (secondary N) is 1. The van der Waals surface area contributed by atoms with Crippen LogP contribution in [0.1, 0.15) is 19.3 Å². The number of aromatic carboxylic acids is 1. The quantitative estimate of drug-likeness (QED) is 0.737. The Bertz CT molecular complexity index is 433. The number of nitrogens with zero attached hydrogens (tertiary/aromatic N) is 1. The molecule has 1 rings (SSSR count). The highest BCUT2D eigenvalue weighted by Gasteiger charge is 2.12. The second-order valence-electron chi connectivity index (χ2n) is 4.02. The molecule has 0 aliphatic carbocycles. The number of likely N-dealkylation sites (N-methyl/N-ethyl adjacent to an activating group) is 1. The third kappa shape index (κ3) is 5.37. The standard InChI is InChI=1S/C12H18N2O4S/c1-14(7-8-18-2)6-5-13-11(15)9-3-4-10(19-9)12(16)17/h3-4H,5-8H2,1-2H3,(H,13,15)(H,16,17). The SMILES string of the molecule is COCCN(C)CCNC(=O)c1ccc(C(=O)O)s1. The van der Waals surface area contributed by atoms with E-state index in [0.29, 0.717) is 24.6 Å². The van der Waals surface area contributed by atoms with Crippen molar-refractivity contribution in [1.29, 1.82) is 0 Å². The van der Waals surface area contributed by atoms with Crippen molar-refractivity contribution in [1.82, 2.24) is 10.2 Å². The molecule has 0 aromatic carbocycles. The lowest BCUT2D eigenvalue weighted by molar-refractivity contribution is 0.0702. The molecule has 7 heteroatoms. The molecule has 0 saturated heterocycles. The van der Waals surface area contributed by atoms with Crippen LogP contribution in [0.25, 0.3) is 0 Å². The number of carboxylic acid groups (broad SMARTS) is 1. The summed E-state index contributed by atoms with van der Waals surface area (Å²) in [5.41, 5.74) is 0. The van der Waals surface area contributed by atoms with Gasteiger partial charge in [0.1, 0.15) is 4.88 Å². The van der Waals surface area contributed by atoms with E-state index in [1.54, 1.807) is 7.11 Å². The first-order valence-electron chi connectivity index (χ1n) is 5.83. The molecule has 19 heavy (non-hydrogen) atoms. The number of carbonyl (C=O) groups is 2. The molecule has 0 radical (unpaired) electrons. The van der Waals surface area contributed by atoms with Crippen molar-refractivity contribution in [2.75, 3.05) is 40.4 Å². The number of rotatable bonds is 8. The molecule has 0 aliphatic rings. The molecule has 0 fully saturated rings. The Morgan fingerprint density at radius 2 is 2.05 bits per heavy atom. The Kier molecular flexibility index (Phi) is 6.48. The predicted octanol–water partition coefficient (Wildman–Crippen LogP) is 0.754. The minimum absolute atomic E-state index is 0.169. The summed E-state index contributed by atoms with van der Waals surface area (Å²) in [6, 6.07) is 2.96. The lowest BCUT2D eigenvalue weighted by Crippen LogP contribution is -2.34. The van der Waals surface area contributed by atoms with Gasteiger partial charge in [0.2, 0.25) is 0 Å². The predicted molar refractivity (Wildman–Crippen MR) is 73.0 cm³/mol. The van der Waals surface area contributed by atoms with Gasteiger partial charge >= 0.3 is 5.97 Å². The van der Waals surface area contributed by atoms with Crippen LogP contribution in [0.5, 0.6) is 0 Å². The number of ether oxygens (including phenoxy) is 1. The first-order valence-corrected chi connectivity index (χ1v) is 6.65. The summed E-state index contributed by atoms with van der Waals surface area (Å²) in [7, 11) is 3.59. The molecular formula is C12H18N2O4S. The van der Waals surface area contributed by atoms with E-state index in [2.05, 4.69) is 5.32 Å². The van der Waals surface area contributed by atoms with Crippen LogP contribution in [0.3, 0.4) is 0 Å². The highest BCUT2D eigenvalue weighted by atomic mass is 32.1. The zero-order valence-electron chi connectivity index (χ0n) is 11.0. The van der Waals surface area contributed by atoms with Crippen LogP contribution in [0.4, 0.5) is 0 Å². The second-order valence-corrected chi connectivity index (χ2v) is 5.10. The Balaban J connectivity index is 2.32. The summed E-state index contributed by atoms with van der Waals surface area (Å²) in [5, 5.41) is 11.5. The Hall–Kier alpha value is -1.44. The van der Waals surface area contributed by atoms with Gasteiger partial charge in [-0.05, 0) is 19.2 Å². The lowest BCUT2D eigenvalue weighted by atomic mass is 10.4. The van der Waals surface area contributed by atoms with E-state index >= 15 is 0 Å². The molecule has 0 unspecified atom stereocenters. The van der Waals surface area contributed by atoms with Crippen molar-refractivity contribution < 1.29 is 19.4 Å². The van der Waals surface area contributed by atoms with Crippen LogP contribution in [0.15, 0.2) is 12.1 Å². The van der Waals surface area contributed by atoms with Crippen LogP contribution < -0.4 is 5.32 Å².